The Balaban J connectivity index is 3.24. The molecule has 0 radical (unpaired) electrons. The average molecular weight is 306 g/mol. The van der Waals surface area contributed by atoms with E-state index in [2.05, 4.69) is 42.5 Å². The molecule has 0 spiro atoms. The predicted octanol–water partition coefficient (Wildman–Crippen LogP) is 3.43. The summed E-state index contributed by atoms with van der Waals surface area (Å²) in [5.74, 6) is 2.23. The Labute approximate surface area is 98.7 Å². The van der Waals surface area contributed by atoms with E-state index in [9.17, 15) is 0 Å². The van der Waals surface area contributed by atoms with E-state index in [0.29, 0.717) is 5.92 Å². The number of ether oxygens (including phenoxy) is 2. The molecular formula is C11H15IO2. The van der Waals surface area contributed by atoms with Gasteiger partial charge in [0.05, 0.1) is 17.8 Å². The lowest BCUT2D eigenvalue weighted by atomic mass is 10.0. The first-order chi connectivity index (χ1) is 6.60. The van der Waals surface area contributed by atoms with Crippen LogP contribution in [0.2, 0.25) is 0 Å². The molecule has 78 valence electrons. The molecular weight excluding hydrogens is 291 g/mol. The van der Waals surface area contributed by atoms with Crippen molar-refractivity contribution in [1.29, 1.82) is 0 Å². The lowest BCUT2D eigenvalue weighted by Crippen LogP contribution is -1.97. The molecule has 0 amide bonds. The zero-order valence-corrected chi connectivity index (χ0v) is 11.1. The van der Waals surface area contributed by atoms with Gasteiger partial charge in [0, 0.05) is 6.07 Å². The van der Waals surface area contributed by atoms with Crippen LogP contribution in [0.25, 0.3) is 0 Å². The van der Waals surface area contributed by atoms with E-state index < -0.39 is 0 Å². The molecule has 0 aliphatic carbocycles. The van der Waals surface area contributed by atoms with Gasteiger partial charge in [0.25, 0.3) is 0 Å². The molecule has 2 nitrogen and oxygen atoms in total. The summed E-state index contributed by atoms with van der Waals surface area (Å²) < 4.78 is 11.7. The Bertz CT molecular complexity index is 321. The largest absolute Gasteiger partial charge is 0.496 e. The Kier molecular flexibility index (Phi) is 4.04. The van der Waals surface area contributed by atoms with Gasteiger partial charge in [-0.15, -0.1) is 0 Å². The molecule has 0 aliphatic heterocycles. The molecule has 3 heteroatoms. The summed E-state index contributed by atoms with van der Waals surface area (Å²) in [6, 6.07) is 4.06. The molecule has 0 saturated heterocycles. The second-order valence-electron chi connectivity index (χ2n) is 3.38. The topological polar surface area (TPSA) is 18.5 Å². The van der Waals surface area contributed by atoms with Crippen molar-refractivity contribution in [2.24, 2.45) is 0 Å². The molecule has 1 rings (SSSR count). The number of hydrogen-bond acceptors (Lipinski definition) is 2. The van der Waals surface area contributed by atoms with Crippen molar-refractivity contribution in [1.82, 2.24) is 0 Å². The average Bonchev–Trinajstić information content (AvgIpc) is 2.17. The van der Waals surface area contributed by atoms with E-state index in [1.165, 1.54) is 5.56 Å². The molecule has 0 bridgehead atoms. The van der Waals surface area contributed by atoms with Gasteiger partial charge in [-0.1, -0.05) is 13.8 Å². The smallest absolute Gasteiger partial charge is 0.135 e. The fraction of sp³-hybridized carbons (Fsp3) is 0.455. The minimum Gasteiger partial charge on any atom is -0.496 e. The minimum absolute atomic E-state index is 0.462. The van der Waals surface area contributed by atoms with Crippen LogP contribution in [0.1, 0.15) is 25.3 Å². The lowest BCUT2D eigenvalue weighted by Gasteiger charge is -2.14. The van der Waals surface area contributed by atoms with Gasteiger partial charge in [-0.2, -0.15) is 0 Å². The number of methoxy groups -OCH3 is 2. The highest BCUT2D eigenvalue weighted by Crippen LogP contribution is 2.33. The molecule has 0 saturated carbocycles. The molecule has 1 aromatic carbocycles. The molecule has 0 heterocycles. The van der Waals surface area contributed by atoms with Crippen molar-refractivity contribution < 1.29 is 9.47 Å². The number of halogens is 1. The SMILES string of the molecule is COc1cc(OC)c(C(C)C)cc1I. The van der Waals surface area contributed by atoms with Crippen LogP contribution in [0.5, 0.6) is 11.5 Å². The third-order valence-corrected chi connectivity index (χ3v) is 2.97. The monoisotopic (exact) mass is 306 g/mol. The third-order valence-electron chi connectivity index (χ3n) is 2.13. The lowest BCUT2D eigenvalue weighted by molar-refractivity contribution is 0.388. The standard InChI is InChI=1S/C11H15IO2/c1-7(2)8-5-9(12)11(14-4)6-10(8)13-3/h5-7H,1-4H3. The molecule has 14 heavy (non-hydrogen) atoms. The first-order valence-electron chi connectivity index (χ1n) is 4.51. The van der Waals surface area contributed by atoms with Crippen LogP contribution in [0, 0.1) is 3.57 Å². The van der Waals surface area contributed by atoms with Crippen LogP contribution >= 0.6 is 22.6 Å². The fourth-order valence-corrected chi connectivity index (χ4v) is 2.05. The highest BCUT2D eigenvalue weighted by Gasteiger charge is 2.11. The molecule has 0 fully saturated rings. The molecule has 1 aromatic rings. The molecule has 0 aliphatic rings. The Morgan fingerprint density at radius 2 is 1.64 bits per heavy atom. The highest BCUT2D eigenvalue weighted by atomic mass is 127. The van der Waals surface area contributed by atoms with E-state index in [1.807, 2.05) is 6.07 Å². The van der Waals surface area contributed by atoms with E-state index in [4.69, 9.17) is 9.47 Å². The summed E-state index contributed by atoms with van der Waals surface area (Å²) in [4.78, 5) is 0. The van der Waals surface area contributed by atoms with Crippen LogP contribution in [0.3, 0.4) is 0 Å². The maximum Gasteiger partial charge on any atom is 0.135 e. The van der Waals surface area contributed by atoms with Gasteiger partial charge in [0.2, 0.25) is 0 Å². The van der Waals surface area contributed by atoms with Crippen LogP contribution in [-0.2, 0) is 0 Å². The zero-order chi connectivity index (χ0) is 10.7. The Morgan fingerprint density at radius 3 is 2.07 bits per heavy atom. The van der Waals surface area contributed by atoms with Crippen molar-refractivity contribution in [3.63, 3.8) is 0 Å². The van der Waals surface area contributed by atoms with Crippen LogP contribution < -0.4 is 9.47 Å². The summed E-state index contributed by atoms with van der Waals surface area (Å²) in [6.07, 6.45) is 0. The Morgan fingerprint density at radius 1 is 1.07 bits per heavy atom. The summed E-state index contributed by atoms with van der Waals surface area (Å²) >= 11 is 2.27. The van der Waals surface area contributed by atoms with Crippen molar-refractivity contribution in [3.05, 3.63) is 21.3 Å². The van der Waals surface area contributed by atoms with Crippen molar-refractivity contribution in [3.8, 4) is 11.5 Å². The van der Waals surface area contributed by atoms with Crippen molar-refractivity contribution in [2.75, 3.05) is 14.2 Å². The maximum absolute atomic E-state index is 5.32. The summed E-state index contributed by atoms with van der Waals surface area (Å²) in [7, 11) is 3.36. The third kappa shape index (κ3) is 2.32. The molecule has 0 atom stereocenters. The quantitative estimate of drug-likeness (QED) is 0.797. The normalized spacial score (nSPS) is 10.4. The van der Waals surface area contributed by atoms with Crippen LogP contribution in [0.15, 0.2) is 12.1 Å². The van der Waals surface area contributed by atoms with E-state index >= 15 is 0 Å². The van der Waals surface area contributed by atoms with Gasteiger partial charge in [0.1, 0.15) is 11.5 Å². The van der Waals surface area contributed by atoms with Gasteiger partial charge in [-0.05, 0) is 40.1 Å². The minimum atomic E-state index is 0.462. The van der Waals surface area contributed by atoms with Crippen molar-refractivity contribution >= 4 is 22.6 Å². The predicted molar refractivity (Wildman–Crippen MR) is 66.4 cm³/mol. The Hall–Kier alpha value is -0.450. The first-order valence-corrected chi connectivity index (χ1v) is 5.59. The number of benzene rings is 1. The van der Waals surface area contributed by atoms with E-state index in [0.717, 1.165) is 15.1 Å². The summed E-state index contributed by atoms with van der Waals surface area (Å²) in [6.45, 7) is 4.31. The van der Waals surface area contributed by atoms with Gasteiger partial charge in [0.15, 0.2) is 0 Å². The zero-order valence-electron chi connectivity index (χ0n) is 8.93. The van der Waals surface area contributed by atoms with E-state index in [1.54, 1.807) is 14.2 Å². The maximum atomic E-state index is 5.32. The second kappa shape index (κ2) is 4.87. The van der Waals surface area contributed by atoms with Crippen LogP contribution in [-0.4, -0.2) is 14.2 Å². The number of rotatable bonds is 3. The fourth-order valence-electron chi connectivity index (χ4n) is 1.33. The summed E-state index contributed by atoms with van der Waals surface area (Å²) in [5, 5.41) is 0. The number of hydrogen-bond donors (Lipinski definition) is 0. The first kappa shape index (κ1) is 11.6. The summed E-state index contributed by atoms with van der Waals surface area (Å²) in [5.41, 5.74) is 1.22. The molecule has 0 unspecified atom stereocenters. The van der Waals surface area contributed by atoms with Crippen molar-refractivity contribution in [2.45, 2.75) is 19.8 Å². The molecule has 0 aromatic heterocycles. The highest BCUT2D eigenvalue weighted by molar-refractivity contribution is 14.1. The molecule has 0 N–H and O–H groups in total. The van der Waals surface area contributed by atoms with Crippen LogP contribution in [0.4, 0.5) is 0 Å². The van der Waals surface area contributed by atoms with Gasteiger partial charge < -0.3 is 9.47 Å². The van der Waals surface area contributed by atoms with Gasteiger partial charge >= 0.3 is 0 Å². The second-order valence-corrected chi connectivity index (χ2v) is 4.55. The van der Waals surface area contributed by atoms with Gasteiger partial charge in [-0.25, -0.2) is 0 Å². The van der Waals surface area contributed by atoms with Gasteiger partial charge in [-0.3, -0.25) is 0 Å². The van der Waals surface area contributed by atoms with E-state index in [-0.39, 0.29) is 0 Å².